The lowest BCUT2D eigenvalue weighted by Gasteiger charge is -2.33. The normalized spacial score (nSPS) is 15.3. The molecule has 7 heteroatoms. The molecule has 0 aromatic rings. The van der Waals surface area contributed by atoms with Gasteiger partial charge in [0.1, 0.15) is 0 Å². The first-order chi connectivity index (χ1) is 9.18. The third-order valence-corrected chi connectivity index (χ3v) is 4.47. The van der Waals surface area contributed by atoms with Gasteiger partial charge in [-0.2, -0.15) is 0 Å². The quantitative estimate of drug-likeness (QED) is 0.337. The number of hydrogen-bond acceptors (Lipinski definition) is 6. The molecule has 20 heavy (non-hydrogen) atoms. The molecule has 5 nitrogen and oxygen atoms in total. The summed E-state index contributed by atoms with van der Waals surface area (Å²) < 4.78 is 9.95. The molecule has 0 aliphatic carbocycles. The van der Waals surface area contributed by atoms with E-state index < -0.39 is 17.9 Å². The van der Waals surface area contributed by atoms with Crippen molar-refractivity contribution in [2.45, 2.75) is 40.2 Å². The first kappa shape index (κ1) is 19.3. The fourth-order valence-corrected chi connectivity index (χ4v) is 2.00. The Hall–Kier alpha value is -0.660. The molecule has 0 saturated carbocycles. The van der Waals surface area contributed by atoms with E-state index in [0.29, 0.717) is 4.99 Å². The van der Waals surface area contributed by atoms with Crippen molar-refractivity contribution in [1.29, 1.82) is 0 Å². The van der Waals surface area contributed by atoms with Crippen molar-refractivity contribution in [3.05, 3.63) is 0 Å². The molecular weight excluding hydrogens is 298 g/mol. The van der Waals surface area contributed by atoms with Gasteiger partial charge in [0.05, 0.1) is 45.5 Å². The van der Waals surface area contributed by atoms with Crippen molar-refractivity contribution in [3.8, 4) is 0 Å². The number of carbonyl (C=O) groups excluding carboxylic acids is 2. The summed E-state index contributed by atoms with van der Waals surface area (Å²) in [5.41, 5.74) is 0. The van der Waals surface area contributed by atoms with E-state index in [1.54, 1.807) is 20.9 Å². The van der Waals surface area contributed by atoms with E-state index in [0.717, 1.165) is 0 Å². The molecule has 0 fully saturated rings. The maximum atomic E-state index is 12.0. The van der Waals surface area contributed by atoms with E-state index in [1.165, 1.54) is 0 Å². The molecule has 0 radical (unpaired) electrons. The van der Waals surface area contributed by atoms with Crippen LogP contribution in [0.3, 0.4) is 0 Å². The number of quaternary nitrogens is 1. The third-order valence-electron chi connectivity index (χ3n) is 3.00. The molecule has 0 amide bonds. The van der Waals surface area contributed by atoms with Gasteiger partial charge in [0, 0.05) is 0 Å². The lowest BCUT2D eigenvalue weighted by atomic mass is 10.0. The second-order valence-electron chi connectivity index (χ2n) is 4.77. The fourth-order valence-electron chi connectivity index (χ4n) is 1.47. The summed E-state index contributed by atoms with van der Waals surface area (Å²) in [6, 6.07) is 0.0601. The van der Waals surface area contributed by atoms with Crippen molar-refractivity contribution < 1.29 is 23.0 Å². The topological polar surface area (TPSA) is 52.6 Å². The molecular formula is C13H24NO4S2+. The minimum Gasteiger partial charge on any atom is -0.466 e. The van der Waals surface area contributed by atoms with Gasteiger partial charge in [-0.15, -0.1) is 0 Å². The first-order valence-corrected chi connectivity index (χ1v) is 7.44. The van der Waals surface area contributed by atoms with E-state index in [4.69, 9.17) is 21.7 Å². The molecule has 0 heterocycles. The van der Waals surface area contributed by atoms with E-state index >= 15 is 0 Å². The summed E-state index contributed by atoms with van der Waals surface area (Å²) >= 11 is 9.86. The number of nitrogens with zero attached hydrogens (tertiary/aromatic N) is 1. The zero-order valence-electron chi connectivity index (χ0n) is 12.7. The van der Waals surface area contributed by atoms with Gasteiger partial charge in [0.15, 0.2) is 5.92 Å². The van der Waals surface area contributed by atoms with Gasteiger partial charge in [0.2, 0.25) is 4.99 Å². The summed E-state index contributed by atoms with van der Waals surface area (Å²) in [6.45, 7) is 7.79. The molecule has 0 spiro atoms. The average molecular weight is 322 g/mol. The lowest BCUT2D eigenvalue weighted by Crippen LogP contribution is -2.50. The minimum atomic E-state index is -0.825. The average Bonchev–Trinajstić information content (AvgIpc) is 2.35. The third kappa shape index (κ3) is 5.38. The van der Waals surface area contributed by atoms with E-state index in [9.17, 15) is 9.59 Å². The highest BCUT2D eigenvalue weighted by molar-refractivity contribution is 7.82. The first-order valence-electron chi connectivity index (χ1n) is 6.64. The van der Waals surface area contributed by atoms with E-state index in [1.807, 2.05) is 13.8 Å². The number of esters is 2. The number of hydrogen-bond donors (Lipinski definition) is 1. The van der Waals surface area contributed by atoms with Crippen LogP contribution in [0.5, 0.6) is 0 Å². The Morgan fingerprint density at radius 1 is 1.20 bits per heavy atom. The number of carbonyl (C=O) groups is 2. The summed E-state index contributed by atoms with van der Waals surface area (Å²) in [5.74, 6) is -1.80. The van der Waals surface area contributed by atoms with Gasteiger partial charge in [-0.3, -0.25) is 9.59 Å². The number of rotatable bonds is 7. The second kappa shape index (κ2) is 8.59. The van der Waals surface area contributed by atoms with Gasteiger partial charge < -0.3 is 9.47 Å². The Kier molecular flexibility index (Phi) is 8.30. The van der Waals surface area contributed by atoms with Crippen LogP contribution in [0, 0.1) is 5.92 Å². The maximum Gasteiger partial charge on any atom is 0.320 e. The largest absolute Gasteiger partial charge is 0.466 e. The fraction of sp³-hybridized carbons (Fsp3) is 0.769. The minimum absolute atomic E-state index is 0.0601. The summed E-state index contributed by atoms with van der Waals surface area (Å²) in [5, 5.41) is 0. The maximum absolute atomic E-state index is 12.0. The number of thiol groups is 1. The molecule has 0 N–H and O–H groups in total. The van der Waals surface area contributed by atoms with Gasteiger partial charge in [-0.1, -0.05) is 0 Å². The van der Waals surface area contributed by atoms with Gasteiger partial charge >= 0.3 is 11.9 Å². The predicted octanol–water partition coefficient (Wildman–Crippen LogP) is 2.15. The summed E-state index contributed by atoms with van der Waals surface area (Å²) in [7, 11) is 1.79. The predicted molar refractivity (Wildman–Crippen MR) is 84.3 cm³/mol. The summed E-state index contributed by atoms with van der Waals surface area (Å²) in [6.07, 6.45) is -0.118. The van der Waals surface area contributed by atoms with Crippen LogP contribution < -0.4 is 0 Å². The van der Waals surface area contributed by atoms with Crippen molar-refractivity contribution in [1.82, 2.24) is 0 Å². The zero-order chi connectivity index (χ0) is 15.9. The lowest BCUT2D eigenvalue weighted by molar-refractivity contribution is -0.696. The van der Waals surface area contributed by atoms with E-state index in [2.05, 4.69) is 12.8 Å². The molecule has 0 aliphatic heterocycles. The van der Waals surface area contributed by atoms with Crippen LogP contribution in [-0.2, 0) is 19.1 Å². The van der Waals surface area contributed by atoms with Crippen molar-refractivity contribution in [2.24, 2.45) is 5.92 Å². The Morgan fingerprint density at radius 2 is 1.70 bits per heavy atom. The Balaban J connectivity index is 5.16. The van der Waals surface area contributed by atoms with Crippen LogP contribution in [0.4, 0.5) is 0 Å². The molecule has 0 aromatic carbocycles. The molecule has 0 bridgehead atoms. The van der Waals surface area contributed by atoms with Crippen LogP contribution in [0.25, 0.3) is 0 Å². The number of thiocarbonyl (C=S) groups is 1. The smallest absolute Gasteiger partial charge is 0.320 e. The van der Waals surface area contributed by atoms with Crippen molar-refractivity contribution in [2.75, 3.05) is 20.3 Å². The molecule has 0 aliphatic rings. The Labute approximate surface area is 131 Å². The SMILES string of the molecule is CCOC(=O)CC(C(=O)OCC)C(=S)[N+](C)(S)C(C)C. The van der Waals surface area contributed by atoms with Crippen molar-refractivity contribution in [3.63, 3.8) is 0 Å². The van der Waals surface area contributed by atoms with Crippen LogP contribution in [0.2, 0.25) is 0 Å². The van der Waals surface area contributed by atoms with Crippen molar-refractivity contribution >= 4 is 42.0 Å². The standard InChI is InChI=1S/C13H24NO4S2/c1-6-17-11(15)8-10(13(16)18-7-2)12(19)14(5,20)9(3)4/h9-10,20H,6-8H2,1-5H3/q+1. The highest BCUT2D eigenvalue weighted by Crippen LogP contribution is 2.24. The van der Waals surface area contributed by atoms with Crippen LogP contribution in [-0.4, -0.2) is 47.1 Å². The monoisotopic (exact) mass is 322 g/mol. The molecule has 2 atom stereocenters. The molecule has 2 unspecified atom stereocenters. The van der Waals surface area contributed by atoms with Crippen LogP contribution in [0.15, 0.2) is 0 Å². The van der Waals surface area contributed by atoms with Crippen LogP contribution >= 0.6 is 25.0 Å². The molecule has 0 aromatic heterocycles. The summed E-state index contributed by atoms with van der Waals surface area (Å²) in [4.78, 5) is 24.0. The second-order valence-corrected chi connectivity index (χ2v) is 6.02. The number of ether oxygens (including phenoxy) is 2. The van der Waals surface area contributed by atoms with Crippen LogP contribution in [0.1, 0.15) is 34.1 Å². The molecule has 0 rings (SSSR count). The zero-order valence-corrected chi connectivity index (χ0v) is 14.4. The molecule has 0 saturated heterocycles. The van der Waals surface area contributed by atoms with E-state index in [-0.39, 0.29) is 29.6 Å². The van der Waals surface area contributed by atoms with Gasteiger partial charge in [-0.05, 0) is 39.9 Å². The molecule has 116 valence electrons. The van der Waals surface area contributed by atoms with Gasteiger partial charge in [0.25, 0.3) is 0 Å². The highest BCUT2D eigenvalue weighted by atomic mass is 32.1. The Bertz CT molecular complexity index is 369. The Morgan fingerprint density at radius 3 is 2.10 bits per heavy atom. The highest BCUT2D eigenvalue weighted by Gasteiger charge is 2.40. The van der Waals surface area contributed by atoms with Gasteiger partial charge in [-0.25, -0.2) is 3.89 Å².